The summed E-state index contributed by atoms with van der Waals surface area (Å²) in [5, 5.41) is 3.42. The maximum atomic E-state index is 12.4. The number of methoxy groups -OCH3 is 1. The van der Waals surface area contributed by atoms with Crippen LogP contribution in [0.3, 0.4) is 0 Å². The smallest absolute Gasteiger partial charge is 0.340 e. The van der Waals surface area contributed by atoms with Crippen LogP contribution in [-0.2, 0) is 16.0 Å². The Bertz CT molecular complexity index is 981. The van der Waals surface area contributed by atoms with Crippen LogP contribution in [0.15, 0.2) is 72.8 Å². The number of morpholine rings is 1. The first-order valence-electron chi connectivity index (χ1n) is 10.2. The number of esters is 1. The molecule has 0 radical (unpaired) electrons. The van der Waals surface area contributed by atoms with Gasteiger partial charge in [0.1, 0.15) is 0 Å². The molecule has 0 unspecified atom stereocenters. The Morgan fingerprint density at radius 1 is 0.967 bits per heavy atom. The first-order valence-corrected chi connectivity index (χ1v) is 10.2. The summed E-state index contributed by atoms with van der Waals surface area (Å²) >= 11 is 0. The summed E-state index contributed by atoms with van der Waals surface area (Å²) in [5.41, 5.74) is 5.93. The molecule has 154 valence electrons. The van der Waals surface area contributed by atoms with Crippen LogP contribution in [0.4, 0.5) is 11.4 Å². The van der Waals surface area contributed by atoms with E-state index in [-0.39, 0.29) is 5.97 Å². The van der Waals surface area contributed by atoms with E-state index in [1.807, 2.05) is 36.4 Å². The molecule has 0 atom stereocenters. The van der Waals surface area contributed by atoms with Gasteiger partial charge in [-0.15, -0.1) is 0 Å². The Morgan fingerprint density at radius 2 is 1.67 bits per heavy atom. The number of rotatable bonds is 6. The molecule has 0 bridgehead atoms. The van der Waals surface area contributed by atoms with Crippen LogP contribution < -0.4 is 10.2 Å². The van der Waals surface area contributed by atoms with Crippen molar-refractivity contribution in [2.45, 2.75) is 6.54 Å². The molecule has 0 spiro atoms. The first-order chi connectivity index (χ1) is 14.7. The van der Waals surface area contributed by atoms with E-state index in [1.54, 1.807) is 0 Å². The highest BCUT2D eigenvalue weighted by Gasteiger charge is 2.19. The number of anilines is 2. The van der Waals surface area contributed by atoms with Gasteiger partial charge in [-0.05, 0) is 34.9 Å². The lowest BCUT2D eigenvalue weighted by molar-refractivity contribution is 0.0600. The Balaban J connectivity index is 1.47. The average molecular weight is 402 g/mol. The Hall–Kier alpha value is -3.31. The lowest BCUT2D eigenvalue weighted by Gasteiger charge is -2.30. The Morgan fingerprint density at radius 3 is 2.37 bits per heavy atom. The molecule has 3 aromatic carbocycles. The molecule has 3 aromatic rings. The zero-order valence-corrected chi connectivity index (χ0v) is 17.1. The van der Waals surface area contributed by atoms with E-state index in [9.17, 15) is 4.79 Å². The molecule has 1 saturated heterocycles. The molecule has 1 heterocycles. The first kappa shape index (κ1) is 20.0. The molecule has 5 nitrogen and oxygen atoms in total. The fourth-order valence-corrected chi connectivity index (χ4v) is 3.65. The van der Waals surface area contributed by atoms with E-state index in [4.69, 9.17) is 9.47 Å². The largest absolute Gasteiger partial charge is 0.465 e. The molecule has 5 heteroatoms. The molecule has 0 aliphatic carbocycles. The second kappa shape index (κ2) is 9.46. The molecule has 1 aliphatic rings. The third-order valence-corrected chi connectivity index (χ3v) is 5.31. The highest BCUT2D eigenvalue weighted by Crippen LogP contribution is 2.27. The molecular formula is C25H26N2O3. The van der Waals surface area contributed by atoms with E-state index in [2.05, 4.69) is 46.6 Å². The van der Waals surface area contributed by atoms with Gasteiger partial charge in [0.05, 0.1) is 31.6 Å². The highest BCUT2D eigenvalue weighted by atomic mass is 16.5. The van der Waals surface area contributed by atoms with Crippen molar-refractivity contribution >= 4 is 17.3 Å². The zero-order chi connectivity index (χ0) is 20.8. The van der Waals surface area contributed by atoms with Gasteiger partial charge in [-0.2, -0.15) is 0 Å². The summed E-state index contributed by atoms with van der Waals surface area (Å²) in [6.07, 6.45) is 0. The molecule has 0 aromatic heterocycles. The molecule has 30 heavy (non-hydrogen) atoms. The maximum absolute atomic E-state index is 12.4. The van der Waals surface area contributed by atoms with Gasteiger partial charge < -0.3 is 19.7 Å². The van der Waals surface area contributed by atoms with Crippen LogP contribution >= 0.6 is 0 Å². The minimum atomic E-state index is -0.327. The van der Waals surface area contributed by atoms with Crippen molar-refractivity contribution in [3.63, 3.8) is 0 Å². The summed E-state index contributed by atoms with van der Waals surface area (Å²) < 4.78 is 10.4. The monoisotopic (exact) mass is 402 g/mol. The predicted octanol–water partition coefficient (Wildman–Crippen LogP) is 4.59. The van der Waals surface area contributed by atoms with Crippen molar-refractivity contribution in [2.24, 2.45) is 0 Å². The van der Waals surface area contributed by atoms with Crippen LogP contribution in [0.5, 0.6) is 0 Å². The van der Waals surface area contributed by atoms with Crippen molar-refractivity contribution in [1.29, 1.82) is 0 Å². The SMILES string of the molecule is COC(=O)c1cc(NCc2ccc(-c3ccccc3)cc2)ccc1N1CCOCC1. The Kier molecular flexibility index (Phi) is 6.30. The fraction of sp³-hybridized carbons (Fsp3) is 0.240. The van der Waals surface area contributed by atoms with Crippen LogP contribution in [0.25, 0.3) is 11.1 Å². The standard InChI is InChI=1S/C25H26N2O3/c1-29-25(28)23-17-22(11-12-24(23)27-13-15-30-16-14-27)26-18-19-7-9-21(10-8-19)20-5-3-2-4-6-20/h2-12,17,26H,13-16,18H2,1H3. The number of hydrogen-bond acceptors (Lipinski definition) is 5. The number of ether oxygens (including phenoxy) is 2. The van der Waals surface area contributed by atoms with Gasteiger partial charge in [0.25, 0.3) is 0 Å². The number of nitrogens with one attached hydrogen (secondary N) is 1. The van der Waals surface area contributed by atoms with Gasteiger partial charge in [0.15, 0.2) is 0 Å². The molecule has 4 rings (SSSR count). The number of hydrogen-bond donors (Lipinski definition) is 1. The minimum Gasteiger partial charge on any atom is -0.465 e. The normalized spacial score (nSPS) is 13.7. The van der Waals surface area contributed by atoms with E-state index in [1.165, 1.54) is 23.8 Å². The zero-order valence-electron chi connectivity index (χ0n) is 17.1. The van der Waals surface area contributed by atoms with E-state index in [0.29, 0.717) is 25.3 Å². The van der Waals surface area contributed by atoms with E-state index >= 15 is 0 Å². The second-order valence-electron chi connectivity index (χ2n) is 7.24. The van der Waals surface area contributed by atoms with Crippen molar-refractivity contribution in [3.8, 4) is 11.1 Å². The second-order valence-corrected chi connectivity index (χ2v) is 7.24. The number of carbonyl (C=O) groups excluding carboxylic acids is 1. The Labute approximate surface area is 177 Å². The van der Waals surface area contributed by atoms with Crippen LogP contribution in [0.1, 0.15) is 15.9 Å². The number of benzene rings is 3. The third-order valence-electron chi connectivity index (χ3n) is 5.31. The average Bonchev–Trinajstić information content (AvgIpc) is 2.83. The van der Waals surface area contributed by atoms with Gasteiger partial charge in [-0.1, -0.05) is 54.6 Å². The number of nitrogens with zero attached hydrogens (tertiary/aromatic N) is 1. The topological polar surface area (TPSA) is 50.8 Å². The minimum absolute atomic E-state index is 0.327. The van der Waals surface area contributed by atoms with Gasteiger partial charge in [-0.3, -0.25) is 0 Å². The summed E-state index contributed by atoms with van der Waals surface area (Å²) in [5.74, 6) is -0.327. The molecule has 0 saturated carbocycles. The summed E-state index contributed by atoms with van der Waals surface area (Å²) in [4.78, 5) is 14.5. The third kappa shape index (κ3) is 4.63. The summed E-state index contributed by atoms with van der Waals surface area (Å²) in [6.45, 7) is 3.54. The summed E-state index contributed by atoms with van der Waals surface area (Å²) in [7, 11) is 1.42. The van der Waals surface area contributed by atoms with Crippen LogP contribution in [0.2, 0.25) is 0 Å². The molecule has 1 fully saturated rings. The number of carbonyl (C=O) groups is 1. The molecular weight excluding hydrogens is 376 g/mol. The van der Waals surface area contributed by atoms with Crippen molar-refractivity contribution < 1.29 is 14.3 Å². The molecule has 1 aliphatic heterocycles. The fourth-order valence-electron chi connectivity index (χ4n) is 3.65. The maximum Gasteiger partial charge on any atom is 0.340 e. The lowest BCUT2D eigenvalue weighted by atomic mass is 10.0. The van der Waals surface area contributed by atoms with Crippen molar-refractivity contribution in [2.75, 3.05) is 43.6 Å². The summed E-state index contributed by atoms with van der Waals surface area (Å²) in [6, 6.07) is 24.7. The van der Waals surface area contributed by atoms with Crippen molar-refractivity contribution in [3.05, 3.63) is 83.9 Å². The quantitative estimate of drug-likeness (QED) is 0.611. The predicted molar refractivity (Wildman–Crippen MR) is 120 cm³/mol. The van der Waals surface area contributed by atoms with E-state index in [0.717, 1.165) is 24.5 Å². The molecule has 1 N–H and O–H groups in total. The van der Waals surface area contributed by atoms with Crippen LogP contribution in [0, 0.1) is 0 Å². The lowest BCUT2D eigenvalue weighted by Crippen LogP contribution is -2.37. The van der Waals surface area contributed by atoms with E-state index < -0.39 is 0 Å². The van der Waals surface area contributed by atoms with Gasteiger partial charge in [0.2, 0.25) is 0 Å². The van der Waals surface area contributed by atoms with Crippen LogP contribution in [-0.4, -0.2) is 39.4 Å². The van der Waals surface area contributed by atoms with Gasteiger partial charge in [-0.25, -0.2) is 4.79 Å². The molecule has 0 amide bonds. The van der Waals surface area contributed by atoms with Gasteiger partial charge in [0, 0.05) is 25.3 Å². The highest BCUT2D eigenvalue weighted by molar-refractivity contribution is 5.97. The van der Waals surface area contributed by atoms with Crippen molar-refractivity contribution in [1.82, 2.24) is 0 Å². The van der Waals surface area contributed by atoms with Gasteiger partial charge >= 0.3 is 5.97 Å².